The average molecular weight is 271 g/mol. The summed E-state index contributed by atoms with van der Waals surface area (Å²) in [6.45, 7) is 2.04. The molecule has 1 atom stereocenters. The Balaban J connectivity index is 0.00000120. The van der Waals surface area contributed by atoms with Gasteiger partial charge >= 0.3 is 0 Å². The number of halogens is 1. The number of hydrogen-bond acceptors (Lipinski definition) is 4. The molecule has 3 rings (SSSR count). The molecule has 0 aromatic heterocycles. The van der Waals surface area contributed by atoms with Gasteiger partial charge in [0.25, 0.3) is 5.91 Å². The third-order valence-electron chi connectivity index (χ3n) is 3.03. The molecule has 2 aliphatic heterocycles. The lowest BCUT2D eigenvalue weighted by Gasteiger charge is -2.11. The maximum Gasteiger partial charge on any atom is 0.251 e. The summed E-state index contributed by atoms with van der Waals surface area (Å²) in [7, 11) is 0. The smallest absolute Gasteiger partial charge is 0.251 e. The highest BCUT2D eigenvalue weighted by Gasteiger charge is 2.20. The zero-order valence-electron chi connectivity index (χ0n) is 9.77. The number of hydrogen-bond donors (Lipinski definition) is 2. The molecular weight excluding hydrogens is 256 g/mol. The molecule has 0 aliphatic carbocycles. The zero-order valence-corrected chi connectivity index (χ0v) is 10.6. The molecular formula is C12H15ClN2O3. The van der Waals surface area contributed by atoms with Crippen LogP contribution in [0.15, 0.2) is 18.2 Å². The molecule has 2 heterocycles. The van der Waals surface area contributed by atoms with E-state index in [1.165, 1.54) is 0 Å². The second kappa shape index (κ2) is 5.46. The van der Waals surface area contributed by atoms with Crippen LogP contribution in [-0.2, 0) is 0 Å². The van der Waals surface area contributed by atoms with Gasteiger partial charge in [-0.25, -0.2) is 0 Å². The minimum absolute atomic E-state index is 0. The van der Waals surface area contributed by atoms with Gasteiger partial charge in [0.05, 0.1) is 0 Å². The van der Waals surface area contributed by atoms with Crippen molar-refractivity contribution in [3.05, 3.63) is 23.8 Å². The molecule has 1 aromatic rings. The first kappa shape index (κ1) is 13.0. The van der Waals surface area contributed by atoms with Gasteiger partial charge in [-0.1, -0.05) is 0 Å². The minimum atomic E-state index is -0.0583. The van der Waals surface area contributed by atoms with Crippen LogP contribution in [0.1, 0.15) is 16.8 Å². The van der Waals surface area contributed by atoms with Gasteiger partial charge in [0.2, 0.25) is 6.79 Å². The lowest BCUT2D eigenvalue weighted by Crippen LogP contribution is -2.36. The third-order valence-corrected chi connectivity index (χ3v) is 3.03. The normalized spacial score (nSPS) is 20.3. The first-order valence-corrected chi connectivity index (χ1v) is 5.74. The van der Waals surface area contributed by atoms with Crippen molar-refractivity contribution >= 4 is 18.3 Å². The van der Waals surface area contributed by atoms with E-state index in [1.807, 2.05) is 0 Å². The molecule has 2 aliphatic rings. The summed E-state index contributed by atoms with van der Waals surface area (Å²) in [5.74, 6) is 1.28. The minimum Gasteiger partial charge on any atom is -0.454 e. The van der Waals surface area contributed by atoms with E-state index in [0.717, 1.165) is 19.5 Å². The largest absolute Gasteiger partial charge is 0.454 e. The molecule has 0 saturated carbocycles. The van der Waals surface area contributed by atoms with E-state index in [0.29, 0.717) is 17.1 Å². The summed E-state index contributed by atoms with van der Waals surface area (Å²) in [5, 5.41) is 6.20. The van der Waals surface area contributed by atoms with Crippen molar-refractivity contribution in [3.63, 3.8) is 0 Å². The van der Waals surface area contributed by atoms with Crippen LogP contribution in [-0.4, -0.2) is 31.8 Å². The highest BCUT2D eigenvalue weighted by molar-refractivity contribution is 5.95. The predicted octanol–water partition coefficient (Wildman–Crippen LogP) is 0.929. The van der Waals surface area contributed by atoms with Gasteiger partial charge in [-0.3, -0.25) is 4.79 Å². The zero-order chi connectivity index (χ0) is 11.7. The van der Waals surface area contributed by atoms with Crippen LogP contribution in [0.2, 0.25) is 0 Å². The van der Waals surface area contributed by atoms with Gasteiger partial charge in [-0.05, 0) is 31.2 Å². The van der Waals surface area contributed by atoms with E-state index in [9.17, 15) is 4.79 Å². The van der Waals surface area contributed by atoms with Crippen LogP contribution in [0, 0.1) is 0 Å². The van der Waals surface area contributed by atoms with E-state index < -0.39 is 0 Å². The maximum absolute atomic E-state index is 12.0. The summed E-state index contributed by atoms with van der Waals surface area (Å²) < 4.78 is 10.4. The van der Waals surface area contributed by atoms with Crippen molar-refractivity contribution in [2.45, 2.75) is 12.5 Å². The summed E-state index contributed by atoms with van der Waals surface area (Å²) in [4.78, 5) is 12.0. The van der Waals surface area contributed by atoms with Crippen LogP contribution in [0.25, 0.3) is 0 Å². The number of ether oxygens (including phenoxy) is 2. The Labute approximate surface area is 111 Å². The number of amides is 1. The fourth-order valence-electron chi connectivity index (χ4n) is 2.08. The van der Waals surface area contributed by atoms with Crippen LogP contribution < -0.4 is 20.1 Å². The van der Waals surface area contributed by atoms with E-state index in [-0.39, 0.29) is 31.1 Å². The molecule has 1 saturated heterocycles. The predicted molar refractivity (Wildman–Crippen MR) is 68.6 cm³/mol. The third kappa shape index (κ3) is 2.52. The summed E-state index contributed by atoms with van der Waals surface area (Å²) in [6, 6.07) is 5.48. The topological polar surface area (TPSA) is 59.6 Å². The van der Waals surface area contributed by atoms with E-state index in [2.05, 4.69) is 10.6 Å². The van der Waals surface area contributed by atoms with E-state index in [4.69, 9.17) is 9.47 Å². The molecule has 2 N–H and O–H groups in total. The first-order valence-electron chi connectivity index (χ1n) is 5.74. The van der Waals surface area contributed by atoms with Crippen molar-refractivity contribution in [2.75, 3.05) is 19.9 Å². The van der Waals surface area contributed by atoms with Crippen molar-refractivity contribution in [3.8, 4) is 11.5 Å². The van der Waals surface area contributed by atoms with E-state index >= 15 is 0 Å². The van der Waals surface area contributed by atoms with Crippen LogP contribution in [0.3, 0.4) is 0 Å². The Hall–Kier alpha value is -1.46. The molecule has 98 valence electrons. The highest BCUT2D eigenvalue weighted by Crippen LogP contribution is 2.32. The van der Waals surface area contributed by atoms with Gasteiger partial charge in [0.1, 0.15) is 0 Å². The second-order valence-corrected chi connectivity index (χ2v) is 4.23. The summed E-state index contributed by atoms with van der Waals surface area (Å²) in [5.41, 5.74) is 0.612. The Bertz CT molecular complexity index is 447. The molecule has 5 nitrogen and oxygen atoms in total. The van der Waals surface area contributed by atoms with Gasteiger partial charge in [-0.2, -0.15) is 0 Å². The van der Waals surface area contributed by atoms with Crippen molar-refractivity contribution in [1.82, 2.24) is 10.6 Å². The monoisotopic (exact) mass is 270 g/mol. The number of carbonyl (C=O) groups excluding carboxylic acids is 1. The highest BCUT2D eigenvalue weighted by atomic mass is 35.5. The van der Waals surface area contributed by atoms with Crippen molar-refractivity contribution in [1.29, 1.82) is 0 Å². The quantitative estimate of drug-likeness (QED) is 0.839. The number of nitrogens with one attached hydrogen (secondary N) is 2. The fraction of sp³-hybridized carbons (Fsp3) is 0.417. The molecule has 1 unspecified atom stereocenters. The Morgan fingerprint density at radius 1 is 1.33 bits per heavy atom. The molecule has 1 amide bonds. The molecule has 18 heavy (non-hydrogen) atoms. The number of fused-ring (bicyclic) bond motifs is 1. The molecule has 0 bridgehead atoms. The lowest BCUT2D eigenvalue weighted by molar-refractivity contribution is 0.0939. The molecule has 1 fully saturated rings. The summed E-state index contributed by atoms with van der Waals surface area (Å²) in [6.07, 6.45) is 0.982. The van der Waals surface area contributed by atoms with Gasteiger partial charge < -0.3 is 20.1 Å². The molecule has 1 aromatic carbocycles. The van der Waals surface area contributed by atoms with Crippen LogP contribution >= 0.6 is 12.4 Å². The average Bonchev–Trinajstić information content (AvgIpc) is 2.97. The number of rotatable bonds is 2. The second-order valence-electron chi connectivity index (χ2n) is 4.23. The SMILES string of the molecule is Cl.O=C(NC1CCNC1)c1ccc2c(c1)OCO2. The Morgan fingerprint density at radius 2 is 2.17 bits per heavy atom. The van der Waals surface area contributed by atoms with Gasteiger partial charge in [0.15, 0.2) is 11.5 Å². The number of carbonyl (C=O) groups is 1. The van der Waals surface area contributed by atoms with Crippen molar-refractivity contribution in [2.24, 2.45) is 0 Å². The fourth-order valence-corrected chi connectivity index (χ4v) is 2.08. The maximum atomic E-state index is 12.0. The Morgan fingerprint density at radius 3 is 2.94 bits per heavy atom. The lowest BCUT2D eigenvalue weighted by atomic mass is 10.1. The van der Waals surface area contributed by atoms with Gasteiger partial charge in [0, 0.05) is 18.2 Å². The van der Waals surface area contributed by atoms with Crippen LogP contribution in [0.5, 0.6) is 11.5 Å². The molecule has 0 radical (unpaired) electrons. The van der Waals surface area contributed by atoms with Gasteiger partial charge in [-0.15, -0.1) is 12.4 Å². The molecule has 6 heteroatoms. The van der Waals surface area contributed by atoms with Crippen LogP contribution in [0.4, 0.5) is 0 Å². The van der Waals surface area contributed by atoms with Crippen molar-refractivity contribution < 1.29 is 14.3 Å². The standard InChI is InChI=1S/C12H14N2O3.ClH/c15-12(14-9-3-4-13-6-9)8-1-2-10-11(5-8)17-7-16-10;/h1-2,5,9,13H,3-4,6-7H2,(H,14,15);1H. The molecule has 0 spiro atoms. The van der Waals surface area contributed by atoms with E-state index in [1.54, 1.807) is 18.2 Å². The Kier molecular flexibility index (Phi) is 3.93. The first-order chi connectivity index (χ1) is 8.33. The number of benzene rings is 1. The summed E-state index contributed by atoms with van der Waals surface area (Å²) >= 11 is 0.